The summed E-state index contributed by atoms with van der Waals surface area (Å²) in [5.41, 5.74) is 1.25. The Balaban J connectivity index is 1.83. The molecule has 2 aromatic rings. The number of benzene rings is 2. The van der Waals surface area contributed by atoms with E-state index in [1.165, 1.54) is 19.1 Å². The Morgan fingerprint density at radius 1 is 0.923 bits per heavy atom. The van der Waals surface area contributed by atoms with Crippen LogP contribution in [-0.2, 0) is 4.79 Å². The molecule has 0 radical (unpaired) electrons. The zero-order valence-corrected chi connectivity index (χ0v) is 15.4. The number of anilines is 1. The maximum absolute atomic E-state index is 12.1. The molecule has 26 heavy (non-hydrogen) atoms. The quantitative estimate of drug-likeness (QED) is 0.658. The smallest absolute Gasteiger partial charge is 0.252 e. The molecule has 6 nitrogen and oxygen atoms in total. The van der Waals surface area contributed by atoms with Crippen LogP contribution >= 0.6 is 23.2 Å². The molecule has 2 aromatic carbocycles. The third-order valence-corrected chi connectivity index (χ3v) is 3.86. The number of nitrogens with one attached hydrogen (secondary N) is 3. The van der Waals surface area contributed by atoms with Gasteiger partial charge in [-0.3, -0.25) is 14.4 Å². The number of amides is 3. The molecule has 2 rings (SSSR count). The number of carbonyl (C=O) groups is 3. The van der Waals surface area contributed by atoms with Gasteiger partial charge in [-0.25, -0.2) is 0 Å². The van der Waals surface area contributed by atoms with E-state index in [0.29, 0.717) is 21.8 Å². The molecule has 3 N–H and O–H groups in total. The lowest BCUT2D eigenvalue weighted by molar-refractivity contribution is -0.114. The second kappa shape index (κ2) is 9.22. The van der Waals surface area contributed by atoms with Gasteiger partial charge >= 0.3 is 0 Å². The summed E-state index contributed by atoms with van der Waals surface area (Å²) in [6.45, 7) is 1.86. The van der Waals surface area contributed by atoms with E-state index in [4.69, 9.17) is 23.2 Å². The minimum Gasteiger partial charge on any atom is -0.350 e. The number of halogens is 2. The average Bonchev–Trinajstić information content (AvgIpc) is 2.58. The van der Waals surface area contributed by atoms with Crippen molar-refractivity contribution in [2.75, 3.05) is 18.4 Å². The molecule has 0 unspecified atom stereocenters. The molecule has 0 aliphatic rings. The lowest BCUT2D eigenvalue weighted by Gasteiger charge is -2.09. The number of rotatable bonds is 6. The predicted molar refractivity (Wildman–Crippen MR) is 102 cm³/mol. The number of hydrogen-bond donors (Lipinski definition) is 3. The number of hydrogen-bond acceptors (Lipinski definition) is 3. The first-order valence-corrected chi connectivity index (χ1v) is 8.51. The van der Waals surface area contributed by atoms with Crippen LogP contribution in [0.2, 0.25) is 10.0 Å². The van der Waals surface area contributed by atoms with Gasteiger partial charge in [0.2, 0.25) is 5.91 Å². The van der Waals surface area contributed by atoms with Crippen LogP contribution < -0.4 is 16.0 Å². The van der Waals surface area contributed by atoms with Crippen molar-refractivity contribution in [3.63, 3.8) is 0 Å². The summed E-state index contributed by atoms with van der Waals surface area (Å²) in [5.74, 6) is -0.879. The molecule has 8 heteroatoms. The van der Waals surface area contributed by atoms with Crippen molar-refractivity contribution < 1.29 is 14.4 Å². The van der Waals surface area contributed by atoms with Gasteiger partial charge in [0.05, 0.1) is 10.6 Å². The van der Waals surface area contributed by atoms with Crippen molar-refractivity contribution in [1.82, 2.24) is 10.6 Å². The van der Waals surface area contributed by atoms with Gasteiger partial charge in [0.25, 0.3) is 11.8 Å². The first-order valence-electron chi connectivity index (χ1n) is 7.76. The summed E-state index contributed by atoms with van der Waals surface area (Å²) in [6, 6.07) is 11.2. The highest BCUT2D eigenvalue weighted by molar-refractivity contribution is 6.36. The van der Waals surface area contributed by atoms with E-state index in [0.717, 1.165) is 0 Å². The zero-order valence-electron chi connectivity index (χ0n) is 13.9. The maximum Gasteiger partial charge on any atom is 0.252 e. The first-order chi connectivity index (χ1) is 12.4. The van der Waals surface area contributed by atoms with Crippen molar-refractivity contribution in [2.24, 2.45) is 0 Å². The minimum atomic E-state index is -0.353. The lowest BCUT2D eigenvalue weighted by Crippen LogP contribution is -2.34. The van der Waals surface area contributed by atoms with Crippen molar-refractivity contribution >= 4 is 46.6 Å². The summed E-state index contributed by atoms with van der Waals surface area (Å²) >= 11 is 11.8. The third-order valence-electron chi connectivity index (χ3n) is 3.32. The van der Waals surface area contributed by atoms with Crippen molar-refractivity contribution in [3.05, 3.63) is 63.6 Å². The van der Waals surface area contributed by atoms with E-state index >= 15 is 0 Å². The normalized spacial score (nSPS) is 10.1. The molecule has 0 aliphatic heterocycles. The Hall–Kier alpha value is -2.57. The Labute approximate surface area is 160 Å². The molecule has 0 aromatic heterocycles. The second-order valence-corrected chi connectivity index (χ2v) is 6.24. The van der Waals surface area contributed by atoms with E-state index in [1.54, 1.807) is 30.3 Å². The molecule has 0 fully saturated rings. The van der Waals surface area contributed by atoms with Gasteiger partial charge < -0.3 is 16.0 Å². The van der Waals surface area contributed by atoms with Crippen LogP contribution in [0.15, 0.2) is 42.5 Å². The van der Waals surface area contributed by atoms with Crippen molar-refractivity contribution in [2.45, 2.75) is 6.92 Å². The maximum atomic E-state index is 12.1. The third kappa shape index (κ3) is 5.75. The summed E-state index contributed by atoms with van der Waals surface area (Å²) in [4.78, 5) is 35.2. The lowest BCUT2D eigenvalue weighted by atomic mass is 10.2. The summed E-state index contributed by atoms with van der Waals surface area (Å²) in [5, 5.41) is 8.67. The van der Waals surface area contributed by atoms with Crippen LogP contribution in [0.1, 0.15) is 27.6 Å². The standard InChI is InChI=1S/C18H17Cl2N3O3/c1-11(24)23-14-4-2-3-12(9-14)17(25)21-7-8-22-18(26)15-6-5-13(19)10-16(15)20/h2-6,9-10H,7-8H2,1H3,(H,21,25)(H,22,26)(H,23,24). The second-order valence-electron chi connectivity index (χ2n) is 5.40. The van der Waals surface area contributed by atoms with Gasteiger partial charge in [-0.1, -0.05) is 29.3 Å². The summed E-state index contributed by atoms with van der Waals surface area (Å²) in [6.07, 6.45) is 0. The van der Waals surface area contributed by atoms with E-state index in [1.807, 2.05) is 0 Å². The fourth-order valence-electron chi connectivity index (χ4n) is 2.16. The average molecular weight is 394 g/mol. The molecule has 0 heterocycles. The van der Waals surface area contributed by atoms with Crippen LogP contribution in [0.3, 0.4) is 0 Å². The highest BCUT2D eigenvalue weighted by atomic mass is 35.5. The van der Waals surface area contributed by atoms with Gasteiger partial charge in [0.15, 0.2) is 0 Å². The van der Waals surface area contributed by atoms with Gasteiger partial charge in [0.1, 0.15) is 0 Å². The Bertz CT molecular complexity index is 840. The van der Waals surface area contributed by atoms with Gasteiger partial charge in [-0.2, -0.15) is 0 Å². The molecule has 0 saturated heterocycles. The topological polar surface area (TPSA) is 87.3 Å². The SMILES string of the molecule is CC(=O)Nc1cccc(C(=O)NCCNC(=O)c2ccc(Cl)cc2Cl)c1. The largest absolute Gasteiger partial charge is 0.350 e. The zero-order chi connectivity index (χ0) is 19.1. The van der Waals surface area contributed by atoms with Crippen LogP contribution in [0.5, 0.6) is 0 Å². The summed E-state index contributed by atoms with van der Waals surface area (Å²) in [7, 11) is 0. The van der Waals surface area contributed by atoms with E-state index in [-0.39, 0.29) is 35.8 Å². The van der Waals surface area contributed by atoms with Crippen LogP contribution in [-0.4, -0.2) is 30.8 Å². The Kier molecular flexibility index (Phi) is 7.00. The van der Waals surface area contributed by atoms with Crippen LogP contribution in [0, 0.1) is 0 Å². The predicted octanol–water partition coefficient (Wildman–Crippen LogP) is 3.11. The van der Waals surface area contributed by atoms with Crippen molar-refractivity contribution in [3.8, 4) is 0 Å². The molecule has 0 atom stereocenters. The highest BCUT2D eigenvalue weighted by Crippen LogP contribution is 2.20. The molecule has 0 spiro atoms. The van der Waals surface area contributed by atoms with Gasteiger partial charge in [0, 0.05) is 36.3 Å². The van der Waals surface area contributed by atoms with Gasteiger partial charge in [-0.15, -0.1) is 0 Å². The monoisotopic (exact) mass is 393 g/mol. The number of carbonyl (C=O) groups excluding carboxylic acids is 3. The fourth-order valence-corrected chi connectivity index (χ4v) is 2.66. The molecule has 0 aliphatic carbocycles. The molecule has 0 bridgehead atoms. The molecule has 0 saturated carbocycles. The molecular weight excluding hydrogens is 377 g/mol. The highest BCUT2D eigenvalue weighted by Gasteiger charge is 2.11. The summed E-state index contributed by atoms with van der Waals surface area (Å²) < 4.78 is 0. The van der Waals surface area contributed by atoms with E-state index < -0.39 is 0 Å². The van der Waals surface area contributed by atoms with Gasteiger partial charge in [-0.05, 0) is 36.4 Å². The first kappa shape index (κ1) is 19.8. The molecule has 136 valence electrons. The fraction of sp³-hybridized carbons (Fsp3) is 0.167. The van der Waals surface area contributed by atoms with E-state index in [2.05, 4.69) is 16.0 Å². The van der Waals surface area contributed by atoms with Crippen LogP contribution in [0.4, 0.5) is 5.69 Å². The van der Waals surface area contributed by atoms with Crippen molar-refractivity contribution in [1.29, 1.82) is 0 Å². The van der Waals surface area contributed by atoms with Crippen LogP contribution in [0.25, 0.3) is 0 Å². The Morgan fingerprint density at radius 2 is 1.62 bits per heavy atom. The molecular formula is C18H17Cl2N3O3. The minimum absolute atomic E-state index is 0.217. The Morgan fingerprint density at radius 3 is 2.27 bits per heavy atom. The molecule has 3 amide bonds. The van der Waals surface area contributed by atoms with E-state index in [9.17, 15) is 14.4 Å².